The molecule has 152 valence electrons. The van der Waals surface area contributed by atoms with Crippen molar-refractivity contribution >= 4 is 11.9 Å². The van der Waals surface area contributed by atoms with Crippen molar-refractivity contribution in [3.05, 3.63) is 101 Å². The molecule has 2 heterocycles. The van der Waals surface area contributed by atoms with E-state index in [1.807, 2.05) is 6.21 Å². The Balaban J connectivity index is 1.58. The van der Waals surface area contributed by atoms with Crippen LogP contribution in [-0.4, -0.2) is 15.3 Å². The third-order valence-electron chi connectivity index (χ3n) is 5.80. The predicted octanol–water partition coefficient (Wildman–Crippen LogP) is 6.81. The summed E-state index contributed by atoms with van der Waals surface area (Å²) in [5, 5.41) is 0. The molecule has 0 aliphatic rings. The third-order valence-corrected chi connectivity index (χ3v) is 5.80. The van der Waals surface area contributed by atoms with Gasteiger partial charge in [-0.05, 0) is 94.3 Å². The lowest BCUT2D eigenvalue weighted by atomic mass is 10.1. The molecule has 2 aromatic carbocycles. The molecule has 0 amide bonds. The van der Waals surface area contributed by atoms with Crippen molar-refractivity contribution in [1.82, 2.24) is 9.13 Å². The summed E-state index contributed by atoms with van der Waals surface area (Å²) in [6.07, 6.45) is 3.03. The fourth-order valence-corrected chi connectivity index (χ4v) is 4.10. The van der Waals surface area contributed by atoms with Crippen molar-refractivity contribution < 1.29 is 0 Å². The Kier molecular flexibility index (Phi) is 5.45. The van der Waals surface area contributed by atoms with E-state index >= 15 is 0 Å². The molecule has 0 aliphatic heterocycles. The van der Waals surface area contributed by atoms with Gasteiger partial charge in [0.1, 0.15) is 0 Å². The van der Waals surface area contributed by atoms with E-state index in [-0.39, 0.29) is 0 Å². The van der Waals surface area contributed by atoms with E-state index in [0.29, 0.717) is 0 Å². The van der Waals surface area contributed by atoms with Gasteiger partial charge < -0.3 is 9.13 Å². The van der Waals surface area contributed by atoms with Gasteiger partial charge in [0.15, 0.2) is 0 Å². The van der Waals surface area contributed by atoms with Crippen molar-refractivity contribution in [2.45, 2.75) is 41.0 Å². The van der Waals surface area contributed by atoms with Crippen molar-refractivity contribution in [3.8, 4) is 11.4 Å². The van der Waals surface area contributed by atoms with Crippen LogP contribution in [0.4, 0.5) is 5.69 Å². The minimum Gasteiger partial charge on any atom is -0.319 e. The van der Waals surface area contributed by atoms with E-state index in [1.54, 1.807) is 0 Å². The van der Waals surface area contributed by atoms with Gasteiger partial charge >= 0.3 is 0 Å². The third kappa shape index (κ3) is 3.76. The highest BCUT2D eigenvalue weighted by molar-refractivity contribution is 5.84. The Morgan fingerprint density at radius 3 is 1.87 bits per heavy atom. The first-order valence-corrected chi connectivity index (χ1v) is 10.6. The largest absolute Gasteiger partial charge is 0.319 e. The predicted molar refractivity (Wildman–Crippen MR) is 127 cm³/mol. The molecular formula is C27H29N3. The SMILES string of the molecule is CCc1ccc(-n2c(C)cc(C=Nc3ccc(-n4c(C)ccc4C)cc3)c2C)cc1. The number of nitrogens with zero attached hydrogens (tertiary/aromatic N) is 3. The van der Waals surface area contributed by atoms with E-state index in [2.05, 4.69) is 110 Å². The summed E-state index contributed by atoms with van der Waals surface area (Å²) in [6, 6.07) is 23.7. The highest BCUT2D eigenvalue weighted by Gasteiger charge is 2.09. The molecule has 2 aromatic heterocycles. The number of aromatic nitrogens is 2. The molecule has 30 heavy (non-hydrogen) atoms. The van der Waals surface area contributed by atoms with Crippen LogP contribution in [0.5, 0.6) is 0 Å². The van der Waals surface area contributed by atoms with Crippen molar-refractivity contribution in [1.29, 1.82) is 0 Å². The van der Waals surface area contributed by atoms with Gasteiger partial charge in [0.05, 0.1) is 5.69 Å². The normalized spacial score (nSPS) is 11.5. The summed E-state index contributed by atoms with van der Waals surface area (Å²) >= 11 is 0. The molecule has 0 aliphatic carbocycles. The van der Waals surface area contributed by atoms with Gasteiger partial charge in [-0.3, -0.25) is 4.99 Å². The van der Waals surface area contributed by atoms with Crippen LogP contribution in [0, 0.1) is 27.7 Å². The molecule has 4 rings (SSSR count). The molecule has 0 saturated carbocycles. The van der Waals surface area contributed by atoms with Gasteiger partial charge in [-0.15, -0.1) is 0 Å². The quantitative estimate of drug-likeness (QED) is 0.331. The van der Waals surface area contributed by atoms with Crippen LogP contribution in [0.3, 0.4) is 0 Å². The first kappa shape index (κ1) is 20.0. The van der Waals surface area contributed by atoms with Crippen molar-refractivity contribution in [2.75, 3.05) is 0 Å². The maximum Gasteiger partial charge on any atom is 0.0631 e. The summed E-state index contributed by atoms with van der Waals surface area (Å²) in [5.41, 5.74) is 10.7. The van der Waals surface area contributed by atoms with E-state index in [0.717, 1.165) is 17.7 Å². The fraction of sp³-hybridized carbons (Fsp3) is 0.222. The Bertz CT molecular complexity index is 1170. The van der Waals surface area contributed by atoms with Crippen LogP contribution in [0.25, 0.3) is 11.4 Å². The van der Waals surface area contributed by atoms with Crippen molar-refractivity contribution in [3.63, 3.8) is 0 Å². The lowest BCUT2D eigenvalue weighted by Gasteiger charge is -2.10. The summed E-state index contributed by atoms with van der Waals surface area (Å²) in [5.74, 6) is 0. The monoisotopic (exact) mass is 395 g/mol. The highest BCUT2D eigenvalue weighted by atomic mass is 15.0. The zero-order chi connectivity index (χ0) is 21.3. The smallest absolute Gasteiger partial charge is 0.0631 e. The van der Waals surface area contributed by atoms with Crippen LogP contribution in [-0.2, 0) is 6.42 Å². The molecule has 3 nitrogen and oxygen atoms in total. The van der Waals surface area contributed by atoms with Crippen LogP contribution in [0.1, 0.15) is 40.8 Å². The average molecular weight is 396 g/mol. The summed E-state index contributed by atoms with van der Waals surface area (Å²) in [6.45, 7) is 10.7. The number of hydrogen-bond acceptors (Lipinski definition) is 1. The van der Waals surface area contributed by atoms with Gasteiger partial charge in [0.2, 0.25) is 0 Å². The van der Waals surface area contributed by atoms with Crippen LogP contribution in [0.15, 0.2) is 71.7 Å². The molecule has 0 radical (unpaired) electrons. The number of benzene rings is 2. The maximum atomic E-state index is 4.73. The van der Waals surface area contributed by atoms with Crippen LogP contribution >= 0.6 is 0 Å². The van der Waals surface area contributed by atoms with Gasteiger partial charge in [-0.1, -0.05) is 19.1 Å². The molecule has 0 fully saturated rings. The molecule has 0 N–H and O–H groups in total. The molecule has 0 spiro atoms. The molecule has 4 aromatic rings. The maximum absolute atomic E-state index is 4.73. The van der Waals surface area contributed by atoms with E-state index in [4.69, 9.17) is 4.99 Å². The molecule has 3 heteroatoms. The lowest BCUT2D eigenvalue weighted by molar-refractivity contribution is 0.961. The van der Waals surface area contributed by atoms with Crippen LogP contribution < -0.4 is 0 Å². The number of hydrogen-bond donors (Lipinski definition) is 0. The molecule has 0 atom stereocenters. The van der Waals surface area contributed by atoms with Gasteiger partial charge in [-0.25, -0.2) is 0 Å². The molecular weight excluding hydrogens is 366 g/mol. The summed E-state index contributed by atoms with van der Waals surface area (Å²) < 4.78 is 4.55. The summed E-state index contributed by atoms with van der Waals surface area (Å²) in [4.78, 5) is 4.73. The van der Waals surface area contributed by atoms with Gasteiger partial charge in [-0.2, -0.15) is 0 Å². The van der Waals surface area contributed by atoms with E-state index < -0.39 is 0 Å². The van der Waals surface area contributed by atoms with Gasteiger partial charge in [0, 0.05) is 45.9 Å². The van der Waals surface area contributed by atoms with Crippen molar-refractivity contribution in [2.24, 2.45) is 4.99 Å². The minimum atomic E-state index is 0.957. The first-order chi connectivity index (χ1) is 14.5. The lowest BCUT2D eigenvalue weighted by Crippen LogP contribution is -1.99. The van der Waals surface area contributed by atoms with E-state index in [9.17, 15) is 0 Å². The molecule has 0 unspecified atom stereocenters. The Morgan fingerprint density at radius 2 is 1.27 bits per heavy atom. The second-order valence-electron chi connectivity index (χ2n) is 7.91. The molecule has 0 bridgehead atoms. The molecule has 0 saturated heterocycles. The van der Waals surface area contributed by atoms with Crippen LogP contribution in [0.2, 0.25) is 0 Å². The topological polar surface area (TPSA) is 22.2 Å². The average Bonchev–Trinajstić information content (AvgIpc) is 3.24. The number of rotatable bonds is 5. The fourth-order valence-electron chi connectivity index (χ4n) is 4.10. The first-order valence-electron chi connectivity index (χ1n) is 10.6. The number of aryl methyl sites for hydroxylation is 4. The number of aliphatic imine (C=N–C) groups is 1. The zero-order valence-corrected chi connectivity index (χ0v) is 18.5. The standard InChI is InChI=1S/C27H29N3/c1-6-23-9-13-27(14-10-23)30-21(4)17-24(22(30)5)18-28-25-11-15-26(16-12-25)29-19(2)7-8-20(29)3/h7-18H,6H2,1-5H3. The zero-order valence-electron chi connectivity index (χ0n) is 18.5. The second kappa shape index (κ2) is 8.19. The highest BCUT2D eigenvalue weighted by Crippen LogP contribution is 2.23. The minimum absolute atomic E-state index is 0.957. The Labute approximate surface area is 179 Å². The van der Waals surface area contributed by atoms with Gasteiger partial charge in [0.25, 0.3) is 0 Å². The van der Waals surface area contributed by atoms with E-state index in [1.165, 1.54) is 39.7 Å². The summed E-state index contributed by atoms with van der Waals surface area (Å²) in [7, 11) is 0. The Morgan fingerprint density at radius 1 is 0.700 bits per heavy atom. The second-order valence-corrected chi connectivity index (χ2v) is 7.91. The Hall–Kier alpha value is -3.33.